The number of pyridine rings is 1. The highest BCUT2D eigenvalue weighted by Gasteiger charge is 2.44. The molecule has 23 heteroatoms. The molecule has 410 valence electrons. The number of phenolic OH excluding ortho intramolecular Hbond substituents is 1. The minimum absolute atomic E-state index is 0.0234. The Labute approximate surface area is 455 Å². The molecule has 11 rings (SSSR count). The Kier molecular flexibility index (Phi) is 15.5. The van der Waals surface area contributed by atoms with Gasteiger partial charge in [0.05, 0.1) is 75.8 Å². The molecule has 3 aliphatic heterocycles. The van der Waals surface area contributed by atoms with E-state index in [1.165, 1.54) is 16.2 Å². The standard InChI is InChI=1S/C55H66N14O8S/c1-31(2)50(55(73)68-29-36(70)22-45(68)54(72)61-32(3)42-27-59-43(28-58-42)52-33(4)60-30-78-52)47-26-49(65-77-47)74-20-19-66-15-12-37(13-16-66)75-38-23-39(24-38)76-48-21-35(9-14-57-48)67-17-10-34(11-18-67)69-44-25-41(40-7-5-6-8-46(40)71)62-63-51(44)53(56)64-69/h5-9,14,21,25-28,30-32,34,36-39,45,50,70-71H,10-13,15-20,22-24,29H2,1-4H3,(H2,56,64)(H,61,72)/t32-,36+,38?,39?,45-,50+/m0/s1. The molecule has 4 atom stereocenters. The summed E-state index contributed by atoms with van der Waals surface area (Å²) in [5, 5.41) is 41.6. The Bertz CT molecular complexity index is 3200. The molecule has 6 aromatic heterocycles. The number of aromatic hydroxyl groups is 1. The van der Waals surface area contributed by atoms with Gasteiger partial charge in [-0.1, -0.05) is 26.0 Å². The van der Waals surface area contributed by atoms with Crippen LogP contribution in [-0.4, -0.2) is 153 Å². The summed E-state index contributed by atoms with van der Waals surface area (Å²) in [6, 6.07) is 13.5. The van der Waals surface area contributed by atoms with Crippen molar-refractivity contribution in [2.24, 2.45) is 5.92 Å². The zero-order valence-corrected chi connectivity index (χ0v) is 45.0. The van der Waals surface area contributed by atoms with Crippen LogP contribution in [0.1, 0.15) is 101 Å². The number of aromatic nitrogens is 9. The number of nitrogen functional groups attached to an aromatic ring is 1. The number of thiazole rings is 1. The SMILES string of the molecule is Cc1ncsc1-c1cnc([C@H](C)NC(=O)[C@@H]2C[C@@H](O)CN2C(=O)[C@@H](c2cc(OCCN3CCC(OC4CC(Oc5cc(N6CCC(n7nc(N)c8nnc(-c9ccccc9O)cc87)CC6)ccn5)C4)CC3)no2)C(C)C)cn1. The Morgan fingerprint density at radius 1 is 0.897 bits per heavy atom. The number of aliphatic hydroxyl groups is 1. The molecule has 0 unspecified atom stereocenters. The molecule has 4 fully saturated rings. The van der Waals surface area contributed by atoms with Gasteiger partial charge < -0.3 is 49.8 Å². The third-order valence-electron chi connectivity index (χ3n) is 15.5. The number of phenols is 1. The van der Waals surface area contributed by atoms with Gasteiger partial charge in [0.25, 0.3) is 5.88 Å². The van der Waals surface area contributed by atoms with Gasteiger partial charge in [0.1, 0.15) is 36.1 Å². The van der Waals surface area contributed by atoms with E-state index in [9.17, 15) is 19.8 Å². The van der Waals surface area contributed by atoms with Gasteiger partial charge in [-0.3, -0.25) is 29.1 Å². The van der Waals surface area contributed by atoms with Crippen molar-refractivity contribution in [2.75, 3.05) is 56.5 Å². The fourth-order valence-electron chi connectivity index (χ4n) is 11.1. The number of ether oxygens (including phenoxy) is 3. The predicted octanol–water partition coefficient (Wildman–Crippen LogP) is 6.28. The predicted molar refractivity (Wildman–Crippen MR) is 290 cm³/mol. The minimum Gasteiger partial charge on any atom is -0.507 e. The number of anilines is 2. The average Bonchev–Trinajstić information content (AvgIpc) is 4.32. The van der Waals surface area contributed by atoms with Crippen molar-refractivity contribution >= 4 is 45.7 Å². The Morgan fingerprint density at radius 2 is 1.71 bits per heavy atom. The van der Waals surface area contributed by atoms with Crippen molar-refractivity contribution in [3.63, 3.8) is 0 Å². The first-order valence-corrected chi connectivity index (χ1v) is 27.9. The van der Waals surface area contributed by atoms with E-state index >= 15 is 0 Å². The second kappa shape index (κ2) is 22.9. The van der Waals surface area contributed by atoms with Gasteiger partial charge in [-0.2, -0.15) is 5.10 Å². The molecule has 78 heavy (non-hydrogen) atoms. The molecular formula is C55H66N14O8S. The van der Waals surface area contributed by atoms with Gasteiger partial charge in [0, 0.05) is 88.1 Å². The molecule has 4 aliphatic rings. The maximum atomic E-state index is 14.2. The topological polar surface area (TPSA) is 271 Å². The van der Waals surface area contributed by atoms with Crippen molar-refractivity contribution in [1.29, 1.82) is 0 Å². The zero-order valence-electron chi connectivity index (χ0n) is 44.2. The highest BCUT2D eigenvalue weighted by Crippen LogP contribution is 2.37. The van der Waals surface area contributed by atoms with Crippen molar-refractivity contribution in [3.05, 3.63) is 89.8 Å². The number of nitrogens with one attached hydrogen (secondary N) is 1. The number of aryl methyl sites for hydroxylation is 1. The van der Waals surface area contributed by atoms with E-state index < -0.39 is 24.1 Å². The molecule has 7 aromatic rings. The van der Waals surface area contributed by atoms with Gasteiger partial charge in [0.15, 0.2) is 17.1 Å². The monoisotopic (exact) mass is 1080 g/mol. The number of piperidine rings is 2. The molecule has 1 aromatic carbocycles. The van der Waals surface area contributed by atoms with E-state index in [4.69, 9.17) is 24.5 Å². The zero-order chi connectivity index (χ0) is 54.0. The number of hydrogen-bond donors (Lipinski definition) is 4. The summed E-state index contributed by atoms with van der Waals surface area (Å²) in [4.78, 5) is 52.9. The molecule has 0 spiro atoms. The number of nitrogens with two attached hydrogens (primary N) is 1. The van der Waals surface area contributed by atoms with Crippen LogP contribution in [0, 0.1) is 12.8 Å². The van der Waals surface area contributed by atoms with E-state index in [0.717, 1.165) is 86.5 Å². The number of hydrogen-bond acceptors (Lipinski definition) is 20. The van der Waals surface area contributed by atoms with E-state index in [-0.39, 0.29) is 66.7 Å². The second-order valence-electron chi connectivity index (χ2n) is 21.2. The molecule has 3 saturated heterocycles. The Hall–Kier alpha value is -7.34. The first-order chi connectivity index (χ1) is 37.8. The van der Waals surface area contributed by atoms with Crippen LogP contribution in [0.4, 0.5) is 11.5 Å². The quantitative estimate of drug-likeness (QED) is 0.0736. The third kappa shape index (κ3) is 11.5. The highest BCUT2D eigenvalue weighted by molar-refractivity contribution is 7.13. The molecule has 0 bridgehead atoms. The number of benzene rings is 1. The fourth-order valence-corrected chi connectivity index (χ4v) is 11.9. The number of nitrogens with zero attached hydrogens (tertiary/aromatic N) is 12. The van der Waals surface area contributed by atoms with Gasteiger partial charge in [-0.05, 0) is 74.9 Å². The molecule has 1 aliphatic carbocycles. The number of rotatable bonds is 18. The fraction of sp³-hybridized carbons (Fsp3) is 0.491. The second-order valence-corrected chi connectivity index (χ2v) is 22.1. The molecule has 2 amide bonds. The number of β-amino-alcohol motifs (C(OH)–C–C–N with tert-alkyl or cyclic N) is 1. The lowest BCUT2D eigenvalue weighted by molar-refractivity contribution is -0.141. The van der Waals surface area contributed by atoms with E-state index in [1.54, 1.807) is 36.1 Å². The summed E-state index contributed by atoms with van der Waals surface area (Å²) in [5.74, 6) is 0.0814. The van der Waals surface area contributed by atoms with E-state index in [0.29, 0.717) is 58.8 Å². The highest BCUT2D eigenvalue weighted by atomic mass is 32.1. The first kappa shape index (κ1) is 52.7. The van der Waals surface area contributed by atoms with E-state index in [2.05, 4.69) is 55.5 Å². The Morgan fingerprint density at radius 3 is 2.45 bits per heavy atom. The van der Waals surface area contributed by atoms with Crippen molar-refractivity contribution in [1.82, 2.24) is 60.2 Å². The maximum Gasteiger partial charge on any atom is 0.254 e. The van der Waals surface area contributed by atoms with Crippen molar-refractivity contribution in [2.45, 2.75) is 121 Å². The molecule has 0 radical (unpaired) electrons. The molecule has 1 saturated carbocycles. The van der Waals surface area contributed by atoms with Crippen LogP contribution in [0.2, 0.25) is 0 Å². The average molecular weight is 1080 g/mol. The summed E-state index contributed by atoms with van der Waals surface area (Å²) in [6.45, 7) is 12.1. The smallest absolute Gasteiger partial charge is 0.254 e. The summed E-state index contributed by atoms with van der Waals surface area (Å²) in [6.07, 6.45) is 9.94. The Balaban J connectivity index is 0.593. The van der Waals surface area contributed by atoms with Crippen LogP contribution in [0.15, 0.2) is 77.2 Å². The number of aliphatic hydroxyl groups excluding tert-OH is 1. The van der Waals surface area contributed by atoms with Gasteiger partial charge >= 0.3 is 0 Å². The summed E-state index contributed by atoms with van der Waals surface area (Å²) in [5.41, 5.74) is 13.8. The lowest BCUT2D eigenvalue weighted by atomic mass is 9.91. The number of para-hydroxylation sites is 1. The van der Waals surface area contributed by atoms with Gasteiger partial charge in [0.2, 0.25) is 17.7 Å². The number of carbonyl (C=O) groups is 2. The lowest BCUT2D eigenvalue weighted by Gasteiger charge is -2.39. The number of carbonyl (C=O) groups excluding carboxylic acids is 2. The van der Waals surface area contributed by atoms with Gasteiger partial charge in [-0.25, -0.2) is 9.97 Å². The maximum absolute atomic E-state index is 14.2. The molecule has 5 N–H and O–H groups in total. The third-order valence-corrected chi connectivity index (χ3v) is 16.5. The van der Waals surface area contributed by atoms with Crippen molar-refractivity contribution in [3.8, 4) is 39.3 Å². The summed E-state index contributed by atoms with van der Waals surface area (Å²) >= 11 is 1.49. The van der Waals surface area contributed by atoms with Gasteiger partial charge in [-0.15, -0.1) is 21.5 Å². The minimum atomic E-state index is -0.879. The summed E-state index contributed by atoms with van der Waals surface area (Å²) in [7, 11) is 0. The van der Waals surface area contributed by atoms with Crippen LogP contribution in [0.25, 0.3) is 32.9 Å². The van der Waals surface area contributed by atoms with Crippen molar-refractivity contribution < 1.29 is 38.5 Å². The number of likely N-dealkylation sites (tertiary alicyclic amines) is 2. The number of amides is 2. The van der Waals surface area contributed by atoms with E-state index in [1.807, 2.05) is 68.9 Å². The molecular weight excluding hydrogens is 1020 g/mol. The number of fused-ring (bicyclic) bond motifs is 1. The largest absolute Gasteiger partial charge is 0.507 e. The van der Waals surface area contributed by atoms with Crippen LogP contribution in [0.3, 0.4) is 0 Å². The first-order valence-electron chi connectivity index (χ1n) is 27.0. The van der Waals surface area contributed by atoms with Crippen LogP contribution < -0.4 is 25.4 Å². The van der Waals surface area contributed by atoms with Crippen LogP contribution in [0.5, 0.6) is 17.5 Å². The summed E-state index contributed by atoms with van der Waals surface area (Å²) < 4.78 is 26.6. The van der Waals surface area contributed by atoms with Crippen LogP contribution >= 0.6 is 11.3 Å². The normalized spacial score (nSPS) is 21.2. The van der Waals surface area contributed by atoms with Crippen LogP contribution in [-0.2, 0) is 14.3 Å². The molecule has 22 nitrogen and oxygen atoms in total. The molecule has 9 heterocycles. The lowest BCUT2D eigenvalue weighted by Crippen LogP contribution is -2.48.